The predicted molar refractivity (Wildman–Crippen MR) is 30.5 cm³/mol. The average molecular weight is 127 g/mol. The Labute approximate surface area is 52.1 Å². The quantitative estimate of drug-likeness (QED) is 0.343. The molecule has 9 heavy (non-hydrogen) atoms. The molecule has 1 unspecified atom stereocenters. The molecule has 0 aromatic carbocycles. The van der Waals surface area contributed by atoms with Gasteiger partial charge in [-0.05, 0) is 0 Å². The van der Waals surface area contributed by atoms with Gasteiger partial charge in [-0.1, -0.05) is 0 Å². The van der Waals surface area contributed by atoms with Crippen LogP contribution in [0, 0.1) is 0 Å². The van der Waals surface area contributed by atoms with Crippen molar-refractivity contribution >= 4 is 5.91 Å². The van der Waals surface area contributed by atoms with Crippen LogP contribution in [0.25, 0.3) is 0 Å². The monoisotopic (exact) mass is 127 g/mol. The highest BCUT2D eigenvalue weighted by atomic mass is 16.1. The second-order valence-electron chi connectivity index (χ2n) is 1.66. The number of carbonyl (C=O) groups excluding carboxylic acids is 1. The summed E-state index contributed by atoms with van der Waals surface area (Å²) in [5.74, 6) is -0.124. The molecule has 0 fully saturated rings. The van der Waals surface area contributed by atoms with Crippen LogP contribution >= 0.6 is 0 Å². The Morgan fingerprint density at radius 2 is 2.44 bits per heavy atom. The molecular formula is C4H7N4O. The molecule has 1 atom stereocenters. The number of nitrogens with zero attached hydrogens (tertiary/aromatic N) is 1. The normalized spacial score (nSPS) is 26.1. The number of amides is 1. The van der Waals surface area contributed by atoms with E-state index in [0.29, 0.717) is 0 Å². The van der Waals surface area contributed by atoms with Gasteiger partial charge in [-0.25, -0.2) is 5.32 Å². The molecule has 1 aliphatic rings. The fourth-order valence-corrected chi connectivity index (χ4v) is 0.552. The van der Waals surface area contributed by atoms with E-state index in [1.54, 1.807) is 0 Å². The van der Waals surface area contributed by atoms with Gasteiger partial charge < -0.3 is 11.1 Å². The standard InChI is InChI=1S/C4H7N4O/c5-2-1-3(9)8-4(6)7-2/h1,4,7H,5-6H2. The van der Waals surface area contributed by atoms with E-state index in [1.807, 2.05) is 0 Å². The molecule has 0 aromatic rings. The van der Waals surface area contributed by atoms with Crippen LogP contribution in [0.15, 0.2) is 11.9 Å². The Balaban J connectivity index is 2.67. The Hall–Kier alpha value is -1.23. The number of rotatable bonds is 0. The summed E-state index contributed by atoms with van der Waals surface area (Å²) < 4.78 is 0. The molecule has 0 saturated heterocycles. The Kier molecular flexibility index (Phi) is 1.27. The number of hydrogen-bond donors (Lipinski definition) is 3. The SMILES string of the molecule is NC1=CC(=O)[N]C(N)N1. The van der Waals surface area contributed by atoms with Gasteiger partial charge in [0.05, 0.1) is 0 Å². The molecule has 5 N–H and O–H groups in total. The van der Waals surface area contributed by atoms with Gasteiger partial charge in [-0.3, -0.25) is 10.5 Å². The van der Waals surface area contributed by atoms with E-state index in [9.17, 15) is 4.79 Å². The molecule has 5 nitrogen and oxygen atoms in total. The third-order valence-electron chi connectivity index (χ3n) is 0.860. The second-order valence-corrected chi connectivity index (χ2v) is 1.66. The van der Waals surface area contributed by atoms with Crippen LogP contribution in [0.2, 0.25) is 0 Å². The highest BCUT2D eigenvalue weighted by molar-refractivity contribution is 5.88. The lowest BCUT2D eigenvalue weighted by Gasteiger charge is -2.17. The van der Waals surface area contributed by atoms with E-state index in [4.69, 9.17) is 11.5 Å². The first-order valence-electron chi connectivity index (χ1n) is 2.42. The Morgan fingerprint density at radius 3 is 2.89 bits per heavy atom. The minimum absolute atomic E-state index is 0.266. The molecule has 0 saturated carbocycles. The van der Waals surface area contributed by atoms with Crippen LogP contribution in [0.1, 0.15) is 0 Å². The van der Waals surface area contributed by atoms with Crippen LogP contribution in [-0.4, -0.2) is 12.2 Å². The first kappa shape index (κ1) is 5.90. The van der Waals surface area contributed by atoms with Crippen molar-refractivity contribution in [3.8, 4) is 0 Å². The van der Waals surface area contributed by atoms with Gasteiger partial charge in [0.2, 0.25) is 0 Å². The lowest BCUT2D eigenvalue weighted by Crippen LogP contribution is -2.51. The molecule has 1 radical (unpaired) electrons. The Bertz CT molecular complexity index is 164. The number of nitrogens with two attached hydrogens (primary N) is 2. The van der Waals surface area contributed by atoms with E-state index in [-0.39, 0.29) is 5.82 Å². The van der Waals surface area contributed by atoms with Crippen molar-refractivity contribution in [1.82, 2.24) is 10.6 Å². The summed E-state index contributed by atoms with van der Waals surface area (Å²) in [6, 6.07) is 0. The molecule has 0 aliphatic carbocycles. The van der Waals surface area contributed by atoms with Crippen LogP contribution in [-0.2, 0) is 4.79 Å². The van der Waals surface area contributed by atoms with Gasteiger partial charge in [0, 0.05) is 6.08 Å². The highest BCUT2D eigenvalue weighted by Gasteiger charge is 2.13. The van der Waals surface area contributed by atoms with Crippen molar-refractivity contribution in [2.24, 2.45) is 11.5 Å². The second kappa shape index (κ2) is 1.94. The van der Waals surface area contributed by atoms with Gasteiger partial charge in [0.1, 0.15) is 5.82 Å². The first-order valence-corrected chi connectivity index (χ1v) is 2.42. The van der Waals surface area contributed by atoms with E-state index < -0.39 is 12.2 Å². The summed E-state index contributed by atoms with van der Waals surface area (Å²) >= 11 is 0. The van der Waals surface area contributed by atoms with Gasteiger partial charge in [-0.15, -0.1) is 0 Å². The molecule has 0 spiro atoms. The van der Waals surface area contributed by atoms with Crippen LogP contribution in [0.3, 0.4) is 0 Å². The molecule has 1 amide bonds. The number of nitrogens with one attached hydrogen (secondary N) is 1. The third-order valence-corrected chi connectivity index (χ3v) is 0.860. The lowest BCUT2D eigenvalue weighted by atomic mass is 10.4. The smallest absolute Gasteiger partial charge is 0.271 e. The molecule has 0 bridgehead atoms. The molecule has 0 aromatic heterocycles. The topological polar surface area (TPSA) is 95.2 Å². The largest absolute Gasteiger partial charge is 0.385 e. The third kappa shape index (κ3) is 1.33. The van der Waals surface area contributed by atoms with Crippen molar-refractivity contribution < 1.29 is 4.79 Å². The molecule has 1 rings (SSSR count). The molecule has 1 aliphatic heterocycles. The Morgan fingerprint density at radius 1 is 1.78 bits per heavy atom. The van der Waals surface area contributed by atoms with Crippen molar-refractivity contribution in [2.45, 2.75) is 6.29 Å². The van der Waals surface area contributed by atoms with Gasteiger partial charge in [-0.2, -0.15) is 0 Å². The van der Waals surface area contributed by atoms with E-state index in [2.05, 4.69) is 10.6 Å². The van der Waals surface area contributed by atoms with Gasteiger partial charge in [0.25, 0.3) is 5.91 Å². The predicted octanol–water partition coefficient (Wildman–Crippen LogP) is -2.24. The zero-order valence-electron chi connectivity index (χ0n) is 4.66. The maximum absolute atomic E-state index is 10.4. The van der Waals surface area contributed by atoms with Crippen molar-refractivity contribution in [3.05, 3.63) is 11.9 Å². The minimum Gasteiger partial charge on any atom is -0.385 e. The summed E-state index contributed by atoms with van der Waals surface area (Å²) in [6.07, 6.45) is 0.506. The fraction of sp³-hybridized carbons (Fsp3) is 0.250. The fourth-order valence-electron chi connectivity index (χ4n) is 0.552. The number of carbonyl (C=O) groups is 1. The molecule has 49 valence electrons. The zero-order chi connectivity index (χ0) is 6.85. The number of hydrogen-bond acceptors (Lipinski definition) is 4. The molecule has 5 heteroatoms. The van der Waals surface area contributed by atoms with Crippen LogP contribution in [0.4, 0.5) is 0 Å². The minimum atomic E-state index is -0.678. The average Bonchev–Trinajstić information content (AvgIpc) is 1.59. The van der Waals surface area contributed by atoms with Crippen LogP contribution < -0.4 is 22.1 Å². The van der Waals surface area contributed by atoms with Crippen molar-refractivity contribution in [3.63, 3.8) is 0 Å². The molecule has 1 heterocycles. The zero-order valence-corrected chi connectivity index (χ0v) is 4.66. The van der Waals surface area contributed by atoms with Crippen molar-refractivity contribution in [2.75, 3.05) is 0 Å². The molecular weight excluding hydrogens is 120 g/mol. The highest BCUT2D eigenvalue weighted by Crippen LogP contribution is 1.87. The summed E-state index contributed by atoms with van der Waals surface area (Å²) in [6.45, 7) is 0. The first-order chi connectivity index (χ1) is 4.18. The van der Waals surface area contributed by atoms with E-state index in [1.165, 1.54) is 6.08 Å². The summed E-state index contributed by atoms with van der Waals surface area (Å²) in [4.78, 5) is 10.4. The maximum Gasteiger partial charge on any atom is 0.271 e. The summed E-state index contributed by atoms with van der Waals surface area (Å²) in [5, 5.41) is 5.94. The van der Waals surface area contributed by atoms with E-state index in [0.717, 1.165) is 0 Å². The summed E-state index contributed by atoms with van der Waals surface area (Å²) in [5.41, 5.74) is 10.4. The summed E-state index contributed by atoms with van der Waals surface area (Å²) in [7, 11) is 0. The van der Waals surface area contributed by atoms with Gasteiger partial charge in [0.15, 0.2) is 6.29 Å². The van der Waals surface area contributed by atoms with Crippen molar-refractivity contribution in [1.29, 1.82) is 0 Å². The van der Waals surface area contributed by atoms with E-state index >= 15 is 0 Å². The van der Waals surface area contributed by atoms with Crippen LogP contribution in [0.5, 0.6) is 0 Å². The maximum atomic E-state index is 10.4. The van der Waals surface area contributed by atoms with Gasteiger partial charge >= 0.3 is 0 Å². The lowest BCUT2D eigenvalue weighted by molar-refractivity contribution is -0.118.